The van der Waals surface area contributed by atoms with Crippen molar-refractivity contribution in [2.24, 2.45) is 5.10 Å². The predicted octanol–water partition coefficient (Wildman–Crippen LogP) is 5.17. The molecule has 0 bridgehead atoms. The lowest BCUT2D eigenvalue weighted by molar-refractivity contribution is -0.120. The molecule has 0 saturated heterocycles. The summed E-state index contributed by atoms with van der Waals surface area (Å²) in [6.07, 6.45) is 3.69. The standard InChI is InChI=1S/C20H14BrClN4OS/c21-15-7-5-13(6-8-15)18-11-26-16(12-28-20(26)24-18)9-19(27)25-23-10-14-3-1-2-4-17(14)22/h1-8,10-12H,9H2,(H,25,27)/b23-10+. The summed E-state index contributed by atoms with van der Waals surface area (Å²) in [6.45, 7) is 0. The number of aromatic nitrogens is 2. The van der Waals surface area contributed by atoms with Crippen molar-refractivity contribution in [3.63, 3.8) is 0 Å². The van der Waals surface area contributed by atoms with E-state index in [0.29, 0.717) is 5.02 Å². The van der Waals surface area contributed by atoms with Crippen molar-refractivity contribution in [3.8, 4) is 11.3 Å². The van der Waals surface area contributed by atoms with Crippen LogP contribution in [0.2, 0.25) is 5.02 Å². The van der Waals surface area contributed by atoms with Crippen LogP contribution in [-0.2, 0) is 11.2 Å². The molecule has 0 saturated carbocycles. The zero-order chi connectivity index (χ0) is 19.5. The third-order valence-corrected chi connectivity index (χ3v) is 5.82. The minimum Gasteiger partial charge on any atom is -0.294 e. The first kappa shape index (κ1) is 18.9. The molecule has 0 atom stereocenters. The highest BCUT2D eigenvalue weighted by molar-refractivity contribution is 9.10. The van der Waals surface area contributed by atoms with Crippen molar-refractivity contribution >= 4 is 56.0 Å². The molecule has 2 aromatic carbocycles. The quantitative estimate of drug-likeness (QED) is 0.321. The fraction of sp³-hybridized carbons (Fsp3) is 0.0500. The van der Waals surface area contributed by atoms with Crippen molar-refractivity contribution in [2.45, 2.75) is 6.42 Å². The van der Waals surface area contributed by atoms with Gasteiger partial charge in [0.2, 0.25) is 5.91 Å². The summed E-state index contributed by atoms with van der Waals surface area (Å²) >= 11 is 11.0. The monoisotopic (exact) mass is 472 g/mol. The smallest absolute Gasteiger partial charge is 0.246 e. The highest BCUT2D eigenvalue weighted by Crippen LogP contribution is 2.25. The number of amides is 1. The zero-order valence-electron chi connectivity index (χ0n) is 14.5. The Kier molecular flexibility index (Phi) is 5.57. The maximum atomic E-state index is 12.3. The summed E-state index contributed by atoms with van der Waals surface area (Å²) in [5.41, 5.74) is 6.05. The molecule has 140 valence electrons. The minimum atomic E-state index is -0.207. The highest BCUT2D eigenvalue weighted by atomic mass is 79.9. The predicted molar refractivity (Wildman–Crippen MR) is 117 cm³/mol. The van der Waals surface area contributed by atoms with E-state index in [2.05, 4.69) is 31.4 Å². The van der Waals surface area contributed by atoms with Crippen LogP contribution >= 0.6 is 38.9 Å². The number of rotatable bonds is 5. The number of thiazole rings is 1. The molecule has 2 aromatic heterocycles. The molecule has 0 aliphatic carbocycles. The molecule has 1 amide bonds. The normalized spacial score (nSPS) is 11.4. The Hall–Kier alpha value is -2.48. The summed E-state index contributed by atoms with van der Waals surface area (Å²) in [4.78, 5) is 17.7. The average molecular weight is 474 g/mol. The van der Waals surface area contributed by atoms with Crippen LogP contribution in [0.3, 0.4) is 0 Å². The second-order valence-electron chi connectivity index (χ2n) is 6.00. The van der Waals surface area contributed by atoms with E-state index in [1.165, 1.54) is 17.6 Å². The van der Waals surface area contributed by atoms with E-state index in [1.54, 1.807) is 6.07 Å². The summed E-state index contributed by atoms with van der Waals surface area (Å²) in [5.74, 6) is -0.207. The number of hydrazone groups is 1. The SMILES string of the molecule is O=C(Cc1csc2nc(-c3ccc(Br)cc3)cn12)N/N=C/c1ccccc1Cl. The molecule has 0 radical (unpaired) electrons. The van der Waals surface area contributed by atoms with Crippen molar-refractivity contribution in [1.82, 2.24) is 14.8 Å². The number of imidazole rings is 1. The largest absolute Gasteiger partial charge is 0.294 e. The third kappa shape index (κ3) is 4.16. The van der Waals surface area contributed by atoms with E-state index in [9.17, 15) is 4.79 Å². The second-order valence-corrected chi connectivity index (χ2v) is 8.16. The first-order valence-electron chi connectivity index (χ1n) is 8.38. The molecule has 0 spiro atoms. The van der Waals surface area contributed by atoms with E-state index >= 15 is 0 Å². The number of nitrogens with zero attached hydrogens (tertiary/aromatic N) is 3. The summed E-state index contributed by atoms with van der Waals surface area (Å²) in [6, 6.07) is 15.3. The van der Waals surface area contributed by atoms with Crippen LogP contribution < -0.4 is 5.43 Å². The van der Waals surface area contributed by atoms with Gasteiger partial charge in [0.1, 0.15) is 0 Å². The van der Waals surface area contributed by atoms with Crippen LogP contribution in [0.25, 0.3) is 16.2 Å². The van der Waals surface area contributed by atoms with Gasteiger partial charge in [0, 0.05) is 37.9 Å². The van der Waals surface area contributed by atoms with Gasteiger partial charge in [0.25, 0.3) is 0 Å². The molecule has 8 heteroatoms. The van der Waals surface area contributed by atoms with Gasteiger partial charge >= 0.3 is 0 Å². The lowest BCUT2D eigenvalue weighted by Gasteiger charge is -2.00. The zero-order valence-corrected chi connectivity index (χ0v) is 17.6. The highest BCUT2D eigenvalue weighted by Gasteiger charge is 2.12. The Balaban J connectivity index is 1.46. The number of benzene rings is 2. The molecule has 4 rings (SSSR count). The number of hydrogen-bond acceptors (Lipinski definition) is 4. The van der Waals surface area contributed by atoms with Crippen LogP contribution in [0, 0.1) is 0 Å². The van der Waals surface area contributed by atoms with E-state index < -0.39 is 0 Å². The van der Waals surface area contributed by atoms with Crippen molar-refractivity contribution in [1.29, 1.82) is 0 Å². The van der Waals surface area contributed by atoms with E-state index in [-0.39, 0.29) is 12.3 Å². The van der Waals surface area contributed by atoms with Crippen LogP contribution in [0.4, 0.5) is 0 Å². The molecule has 4 aromatic rings. The van der Waals surface area contributed by atoms with E-state index in [0.717, 1.165) is 31.9 Å². The number of fused-ring (bicyclic) bond motifs is 1. The molecular formula is C20H14BrClN4OS. The van der Waals surface area contributed by atoms with Gasteiger partial charge in [0.05, 0.1) is 18.3 Å². The topological polar surface area (TPSA) is 58.8 Å². The Morgan fingerprint density at radius 2 is 2.04 bits per heavy atom. The molecule has 5 nitrogen and oxygen atoms in total. The first-order valence-corrected chi connectivity index (χ1v) is 10.4. The van der Waals surface area contributed by atoms with E-state index in [4.69, 9.17) is 11.6 Å². The fourth-order valence-electron chi connectivity index (χ4n) is 2.67. The van der Waals surface area contributed by atoms with Gasteiger partial charge in [-0.2, -0.15) is 5.10 Å². The van der Waals surface area contributed by atoms with Crippen LogP contribution in [-0.4, -0.2) is 21.5 Å². The van der Waals surface area contributed by atoms with Crippen LogP contribution in [0.15, 0.2) is 69.7 Å². The second kappa shape index (κ2) is 8.26. The van der Waals surface area contributed by atoms with Gasteiger partial charge in [-0.25, -0.2) is 10.4 Å². The van der Waals surface area contributed by atoms with Gasteiger partial charge in [-0.1, -0.05) is 57.9 Å². The summed E-state index contributed by atoms with van der Waals surface area (Å²) in [7, 11) is 0. The fourth-order valence-corrected chi connectivity index (χ4v) is 4.00. The molecule has 28 heavy (non-hydrogen) atoms. The van der Waals surface area contributed by atoms with Crippen molar-refractivity contribution < 1.29 is 4.79 Å². The number of nitrogens with one attached hydrogen (secondary N) is 1. The molecule has 0 fully saturated rings. The van der Waals surface area contributed by atoms with E-state index in [1.807, 2.05) is 58.4 Å². The summed E-state index contributed by atoms with van der Waals surface area (Å²) in [5, 5.41) is 6.51. The lowest BCUT2D eigenvalue weighted by Crippen LogP contribution is -2.20. The van der Waals surface area contributed by atoms with Gasteiger partial charge in [0.15, 0.2) is 4.96 Å². The first-order chi connectivity index (χ1) is 13.6. The Labute approximate surface area is 178 Å². The molecule has 1 N–H and O–H groups in total. The van der Waals surface area contributed by atoms with Gasteiger partial charge in [-0.3, -0.25) is 9.20 Å². The maximum Gasteiger partial charge on any atom is 0.246 e. The maximum absolute atomic E-state index is 12.3. The van der Waals surface area contributed by atoms with Crippen LogP contribution in [0.5, 0.6) is 0 Å². The third-order valence-electron chi connectivity index (χ3n) is 4.06. The number of hydrogen-bond donors (Lipinski definition) is 1. The van der Waals surface area contributed by atoms with Gasteiger partial charge in [-0.05, 0) is 18.2 Å². The number of carbonyl (C=O) groups is 1. The Bertz CT molecular complexity index is 1170. The van der Waals surface area contributed by atoms with Crippen LogP contribution in [0.1, 0.15) is 11.3 Å². The lowest BCUT2D eigenvalue weighted by atomic mass is 10.2. The number of halogens is 2. The Morgan fingerprint density at radius 3 is 2.82 bits per heavy atom. The van der Waals surface area contributed by atoms with Gasteiger partial charge in [-0.15, -0.1) is 11.3 Å². The minimum absolute atomic E-state index is 0.204. The Morgan fingerprint density at radius 1 is 1.25 bits per heavy atom. The average Bonchev–Trinajstić information content (AvgIpc) is 3.26. The van der Waals surface area contributed by atoms with Crippen molar-refractivity contribution in [3.05, 3.63) is 80.9 Å². The molecule has 0 unspecified atom stereocenters. The molecule has 0 aliphatic heterocycles. The molecule has 2 heterocycles. The number of carbonyl (C=O) groups excluding carboxylic acids is 1. The van der Waals surface area contributed by atoms with Gasteiger partial charge < -0.3 is 0 Å². The van der Waals surface area contributed by atoms with Crippen molar-refractivity contribution in [2.75, 3.05) is 0 Å². The molecular weight excluding hydrogens is 460 g/mol. The molecule has 0 aliphatic rings. The summed E-state index contributed by atoms with van der Waals surface area (Å²) < 4.78 is 2.96.